The summed E-state index contributed by atoms with van der Waals surface area (Å²) in [7, 11) is 0. The Kier molecular flexibility index (Phi) is 12.6. The predicted molar refractivity (Wildman–Crippen MR) is 72.7 cm³/mol. The maximum atomic E-state index is 3.78. The van der Waals surface area contributed by atoms with Crippen molar-refractivity contribution in [3.8, 4) is 0 Å². The first-order valence-corrected chi connectivity index (χ1v) is 5.55. The maximum Gasteiger partial charge on any atom is 0.0267 e. The van der Waals surface area contributed by atoms with E-state index in [2.05, 4.69) is 15.0 Å². The Bertz CT molecular complexity index is 308. The first-order valence-electron chi connectivity index (χ1n) is 5.55. The van der Waals surface area contributed by atoms with Crippen molar-refractivity contribution >= 4 is 0 Å². The molecule has 0 aliphatic heterocycles. The van der Waals surface area contributed by atoms with Gasteiger partial charge in [0.15, 0.2) is 0 Å². The van der Waals surface area contributed by atoms with Crippen molar-refractivity contribution < 1.29 is 17.4 Å². The van der Waals surface area contributed by atoms with Gasteiger partial charge in [0.25, 0.3) is 0 Å². The van der Waals surface area contributed by atoms with E-state index in [0.717, 1.165) is 0 Å². The number of hydrogen-bond acceptors (Lipinski definition) is 3. The van der Waals surface area contributed by atoms with Crippen molar-refractivity contribution in [3.63, 3.8) is 0 Å². The smallest absolute Gasteiger partial charge is 0.0267 e. The van der Waals surface area contributed by atoms with E-state index in [1.54, 1.807) is 37.2 Å². The summed E-state index contributed by atoms with van der Waals surface area (Å²) >= 11 is 0. The summed E-state index contributed by atoms with van der Waals surface area (Å²) in [6, 6.07) is 17.1. The van der Waals surface area contributed by atoms with Crippen LogP contribution >= 0.6 is 0 Å². The Hall–Kier alpha value is -2.02. The normalized spacial score (nSPS) is 7.58. The third-order valence-electron chi connectivity index (χ3n) is 1.70. The third kappa shape index (κ3) is 12.2. The predicted octanol–water partition coefficient (Wildman–Crippen LogP) is 3.24. The number of pyridine rings is 3. The first-order chi connectivity index (χ1) is 9.00. The zero-order valence-corrected chi connectivity index (χ0v) is 11.7. The minimum absolute atomic E-state index is 0. The molecule has 19 heavy (non-hydrogen) atoms. The van der Waals surface area contributed by atoms with Gasteiger partial charge in [-0.3, -0.25) is 15.0 Å². The number of rotatable bonds is 0. The summed E-state index contributed by atoms with van der Waals surface area (Å²) in [5.41, 5.74) is 0. The molecule has 3 rings (SSSR count). The molecule has 0 aromatic carbocycles. The molecule has 3 aromatic heterocycles. The molecule has 0 spiro atoms. The van der Waals surface area contributed by atoms with Gasteiger partial charge in [-0.2, -0.15) is 0 Å². The molecule has 0 saturated heterocycles. The number of hydrogen-bond donors (Lipinski definition) is 0. The van der Waals surface area contributed by atoms with Crippen molar-refractivity contribution in [1.29, 1.82) is 0 Å². The van der Waals surface area contributed by atoms with E-state index in [4.69, 9.17) is 0 Å². The van der Waals surface area contributed by atoms with Crippen LogP contribution in [0.1, 0.15) is 0 Å². The van der Waals surface area contributed by atoms with Crippen molar-refractivity contribution in [2.24, 2.45) is 0 Å². The van der Waals surface area contributed by atoms with E-state index < -0.39 is 0 Å². The van der Waals surface area contributed by atoms with Gasteiger partial charge in [-0.15, -0.1) is 0 Å². The fourth-order valence-electron chi connectivity index (χ4n) is 0.938. The second-order valence-electron chi connectivity index (χ2n) is 3.07. The Balaban J connectivity index is 0.000000249. The van der Waals surface area contributed by atoms with Crippen LogP contribution < -0.4 is 0 Å². The average molecular weight is 289 g/mol. The molecule has 0 amide bonds. The van der Waals surface area contributed by atoms with Gasteiger partial charge in [-0.1, -0.05) is 18.2 Å². The molecule has 4 heteroatoms. The molecule has 0 N–H and O–H groups in total. The SMILES string of the molecule is [Cr].c1ccncc1.c1ccncc1.c1ccncc1. The van der Waals surface area contributed by atoms with Crippen LogP contribution in [-0.2, 0) is 17.4 Å². The van der Waals surface area contributed by atoms with Crippen LogP contribution in [0.25, 0.3) is 0 Å². The fourth-order valence-corrected chi connectivity index (χ4v) is 0.938. The zero-order valence-electron chi connectivity index (χ0n) is 10.4. The van der Waals surface area contributed by atoms with Gasteiger partial charge in [-0.25, -0.2) is 0 Å². The van der Waals surface area contributed by atoms with E-state index in [1.807, 2.05) is 54.6 Å². The van der Waals surface area contributed by atoms with Gasteiger partial charge in [0.05, 0.1) is 0 Å². The fraction of sp³-hybridized carbons (Fsp3) is 0. The average Bonchev–Trinajstić information content (AvgIpc) is 2.54. The van der Waals surface area contributed by atoms with Crippen LogP contribution in [0.15, 0.2) is 91.8 Å². The molecule has 96 valence electrons. The van der Waals surface area contributed by atoms with Gasteiger partial charge >= 0.3 is 0 Å². The number of aromatic nitrogens is 3. The molecular weight excluding hydrogens is 274 g/mol. The van der Waals surface area contributed by atoms with Gasteiger partial charge in [0, 0.05) is 54.5 Å². The summed E-state index contributed by atoms with van der Waals surface area (Å²) in [6.45, 7) is 0. The van der Waals surface area contributed by atoms with Crippen molar-refractivity contribution in [2.75, 3.05) is 0 Å². The van der Waals surface area contributed by atoms with Crippen LogP contribution in [0.3, 0.4) is 0 Å². The van der Waals surface area contributed by atoms with Crippen molar-refractivity contribution in [3.05, 3.63) is 91.8 Å². The zero-order chi connectivity index (χ0) is 12.7. The topological polar surface area (TPSA) is 38.7 Å². The molecule has 0 unspecified atom stereocenters. The van der Waals surface area contributed by atoms with Crippen LogP contribution in [-0.4, -0.2) is 15.0 Å². The molecule has 0 saturated carbocycles. The molecular formula is C15H15CrN3. The molecule has 0 aliphatic carbocycles. The Morgan fingerprint density at radius 3 is 0.579 bits per heavy atom. The van der Waals surface area contributed by atoms with Gasteiger partial charge in [-0.05, 0) is 36.4 Å². The maximum absolute atomic E-state index is 3.78. The molecule has 3 nitrogen and oxygen atoms in total. The molecule has 3 heterocycles. The standard InChI is InChI=1S/3C5H5N.Cr/c3*1-2-4-6-5-3-1;/h3*1-5H;. The molecule has 0 bridgehead atoms. The molecule has 0 aliphatic rings. The van der Waals surface area contributed by atoms with Crippen LogP contribution in [0, 0.1) is 0 Å². The first kappa shape index (κ1) is 17.0. The third-order valence-corrected chi connectivity index (χ3v) is 1.70. The van der Waals surface area contributed by atoms with E-state index in [9.17, 15) is 0 Å². The van der Waals surface area contributed by atoms with Crippen LogP contribution in [0.4, 0.5) is 0 Å². The van der Waals surface area contributed by atoms with Crippen molar-refractivity contribution in [2.45, 2.75) is 0 Å². The summed E-state index contributed by atoms with van der Waals surface area (Å²) in [5, 5.41) is 0. The minimum Gasteiger partial charge on any atom is -0.265 e. The minimum atomic E-state index is 0. The van der Waals surface area contributed by atoms with E-state index >= 15 is 0 Å². The second-order valence-corrected chi connectivity index (χ2v) is 3.07. The molecule has 0 radical (unpaired) electrons. The van der Waals surface area contributed by atoms with E-state index in [-0.39, 0.29) is 17.4 Å². The Labute approximate surface area is 124 Å². The van der Waals surface area contributed by atoms with Gasteiger partial charge in [0.1, 0.15) is 0 Å². The van der Waals surface area contributed by atoms with Gasteiger partial charge in [0.2, 0.25) is 0 Å². The summed E-state index contributed by atoms with van der Waals surface area (Å²) in [5.74, 6) is 0. The largest absolute Gasteiger partial charge is 0.265 e. The van der Waals surface area contributed by atoms with Crippen molar-refractivity contribution in [1.82, 2.24) is 15.0 Å². The van der Waals surface area contributed by atoms with Crippen LogP contribution in [0.2, 0.25) is 0 Å². The number of nitrogens with zero attached hydrogens (tertiary/aromatic N) is 3. The second kappa shape index (κ2) is 14.0. The Morgan fingerprint density at radius 2 is 0.526 bits per heavy atom. The monoisotopic (exact) mass is 289 g/mol. The summed E-state index contributed by atoms with van der Waals surface area (Å²) in [6.07, 6.45) is 10.5. The molecule has 0 atom stereocenters. The molecule has 3 aromatic rings. The molecule has 0 fully saturated rings. The van der Waals surface area contributed by atoms with Gasteiger partial charge < -0.3 is 0 Å². The quantitative estimate of drug-likeness (QED) is 0.637. The van der Waals surface area contributed by atoms with E-state index in [1.165, 1.54) is 0 Å². The summed E-state index contributed by atoms with van der Waals surface area (Å²) in [4.78, 5) is 11.4. The Morgan fingerprint density at radius 1 is 0.316 bits per heavy atom. The summed E-state index contributed by atoms with van der Waals surface area (Å²) < 4.78 is 0. The van der Waals surface area contributed by atoms with Crippen LogP contribution in [0.5, 0.6) is 0 Å². The van der Waals surface area contributed by atoms with E-state index in [0.29, 0.717) is 0 Å².